The number of anilines is 1. The van der Waals surface area contributed by atoms with Crippen LogP contribution >= 0.6 is 0 Å². The van der Waals surface area contributed by atoms with Gasteiger partial charge in [0.2, 0.25) is 0 Å². The molecule has 0 saturated carbocycles. The van der Waals surface area contributed by atoms with E-state index in [-0.39, 0.29) is 0 Å². The van der Waals surface area contributed by atoms with E-state index in [1.807, 2.05) is 59.4 Å². The summed E-state index contributed by atoms with van der Waals surface area (Å²) in [6, 6.07) is 39.2. The van der Waals surface area contributed by atoms with Gasteiger partial charge in [-0.05, 0) is 42.8 Å². The first-order valence-electron chi connectivity index (χ1n) is 10.9. The summed E-state index contributed by atoms with van der Waals surface area (Å²) in [7, 11) is 0. The summed E-state index contributed by atoms with van der Waals surface area (Å²) in [5, 5.41) is 9.29. The molecular formula is C29H24N4. The Hall–Kier alpha value is -4.44. The fourth-order valence-electron chi connectivity index (χ4n) is 3.65. The third-order valence-electron chi connectivity index (χ3n) is 5.44. The van der Waals surface area contributed by atoms with Gasteiger partial charge in [-0.3, -0.25) is 5.43 Å². The van der Waals surface area contributed by atoms with Crippen molar-refractivity contribution in [2.75, 3.05) is 5.43 Å². The van der Waals surface area contributed by atoms with Gasteiger partial charge in [0.25, 0.3) is 0 Å². The van der Waals surface area contributed by atoms with Crippen LogP contribution in [-0.2, 0) is 0 Å². The van der Waals surface area contributed by atoms with E-state index in [0.717, 1.165) is 39.5 Å². The molecule has 4 nitrogen and oxygen atoms in total. The minimum Gasteiger partial charge on any atom is -0.279 e. The Morgan fingerprint density at radius 1 is 0.727 bits per heavy atom. The molecule has 0 aliphatic carbocycles. The standard InChI is InChI=1S/C29H24N4/c1-22-12-16-26(17-13-22)31-30-21-23-14-18-27(19-15-23)33-29(25-10-6-3-7-11-25)20-28(32-33)24-8-4-2-5-9-24/h2-21,31H,1H3/b30-21+. The molecule has 0 fully saturated rings. The van der Waals surface area contributed by atoms with Crippen LogP contribution in [0.15, 0.2) is 120 Å². The number of nitrogens with one attached hydrogen (secondary N) is 1. The van der Waals surface area contributed by atoms with E-state index in [9.17, 15) is 0 Å². The fourth-order valence-corrected chi connectivity index (χ4v) is 3.65. The minimum atomic E-state index is 0.947. The van der Waals surface area contributed by atoms with Crippen LogP contribution in [0.1, 0.15) is 11.1 Å². The van der Waals surface area contributed by atoms with Crippen LogP contribution in [0.25, 0.3) is 28.2 Å². The smallest absolute Gasteiger partial charge is 0.0934 e. The van der Waals surface area contributed by atoms with Crippen molar-refractivity contribution in [2.24, 2.45) is 5.10 Å². The molecule has 0 aliphatic heterocycles. The number of aryl methyl sites for hydroxylation is 1. The maximum atomic E-state index is 4.94. The Morgan fingerprint density at radius 2 is 1.36 bits per heavy atom. The molecule has 0 unspecified atom stereocenters. The predicted molar refractivity (Wildman–Crippen MR) is 137 cm³/mol. The van der Waals surface area contributed by atoms with Crippen LogP contribution in [0.4, 0.5) is 5.69 Å². The Kier molecular flexibility index (Phi) is 5.81. The molecule has 160 valence electrons. The number of aromatic nitrogens is 2. The Labute approximate surface area is 193 Å². The number of hydrogen-bond acceptors (Lipinski definition) is 3. The van der Waals surface area contributed by atoms with Crippen LogP contribution in [0.5, 0.6) is 0 Å². The average molecular weight is 429 g/mol. The van der Waals surface area contributed by atoms with E-state index < -0.39 is 0 Å². The first-order chi connectivity index (χ1) is 16.3. The molecule has 1 heterocycles. The number of hydrazone groups is 1. The highest BCUT2D eigenvalue weighted by Crippen LogP contribution is 2.28. The summed E-state index contributed by atoms with van der Waals surface area (Å²) in [6.07, 6.45) is 1.82. The lowest BCUT2D eigenvalue weighted by atomic mass is 10.1. The van der Waals surface area contributed by atoms with E-state index in [1.165, 1.54) is 5.56 Å². The molecule has 4 aromatic carbocycles. The first-order valence-corrected chi connectivity index (χ1v) is 10.9. The summed E-state index contributed by atoms with van der Waals surface area (Å²) < 4.78 is 2.00. The lowest BCUT2D eigenvalue weighted by Gasteiger charge is -2.08. The minimum absolute atomic E-state index is 0.947. The molecule has 0 amide bonds. The topological polar surface area (TPSA) is 42.2 Å². The van der Waals surface area contributed by atoms with Gasteiger partial charge in [0.05, 0.1) is 29.0 Å². The van der Waals surface area contributed by atoms with Crippen molar-refractivity contribution in [1.29, 1.82) is 0 Å². The molecule has 0 radical (unpaired) electrons. The van der Waals surface area contributed by atoms with Crippen LogP contribution in [-0.4, -0.2) is 16.0 Å². The van der Waals surface area contributed by atoms with Gasteiger partial charge in [-0.25, -0.2) is 4.68 Å². The van der Waals surface area contributed by atoms with Gasteiger partial charge in [-0.15, -0.1) is 0 Å². The lowest BCUT2D eigenvalue weighted by Crippen LogP contribution is -1.99. The summed E-state index contributed by atoms with van der Waals surface area (Å²) >= 11 is 0. The SMILES string of the molecule is Cc1ccc(N/N=C/c2ccc(-n3nc(-c4ccccc4)cc3-c3ccccc3)cc2)cc1. The Balaban J connectivity index is 1.43. The maximum Gasteiger partial charge on any atom is 0.0934 e. The first kappa shape index (κ1) is 20.5. The van der Waals surface area contributed by atoms with Gasteiger partial charge >= 0.3 is 0 Å². The lowest BCUT2D eigenvalue weighted by molar-refractivity contribution is 0.892. The zero-order valence-electron chi connectivity index (χ0n) is 18.4. The van der Waals surface area contributed by atoms with Crippen LogP contribution in [0.2, 0.25) is 0 Å². The summed E-state index contributed by atoms with van der Waals surface area (Å²) in [5.41, 5.74) is 11.5. The van der Waals surface area contributed by atoms with Crippen molar-refractivity contribution in [2.45, 2.75) is 6.92 Å². The molecular weight excluding hydrogens is 404 g/mol. The van der Waals surface area contributed by atoms with Crippen LogP contribution in [0.3, 0.4) is 0 Å². The number of rotatable bonds is 6. The maximum absolute atomic E-state index is 4.94. The fraction of sp³-hybridized carbons (Fsp3) is 0.0345. The van der Waals surface area contributed by atoms with E-state index in [2.05, 4.69) is 84.2 Å². The van der Waals surface area contributed by atoms with Crippen molar-refractivity contribution in [3.63, 3.8) is 0 Å². The second kappa shape index (κ2) is 9.37. The normalized spacial score (nSPS) is 11.1. The van der Waals surface area contributed by atoms with Crippen LogP contribution < -0.4 is 5.43 Å². The van der Waals surface area contributed by atoms with Gasteiger partial charge in [0.1, 0.15) is 0 Å². The zero-order valence-corrected chi connectivity index (χ0v) is 18.4. The molecule has 1 N–H and O–H groups in total. The van der Waals surface area contributed by atoms with Gasteiger partial charge in [-0.2, -0.15) is 10.2 Å². The predicted octanol–water partition coefficient (Wildman–Crippen LogP) is 6.96. The third-order valence-corrected chi connectivity index (χ3v) is 5.44. The quantitative estimate of drug-likeness (QED) is 0.235. The number of nitrogens with zero attached hydrogens (tertiary/aromatic N) is 3. The molecule has 33 heavy (non-hydrogen) atoms. The molecule has 0 spiro atoms. The van der Waals surface area contributed by atoms with Crippen molar-refractivity contribution < 1.29 is 0 Å². The van der Waals surface area contributed by atoms with Crippen molar-refractivity contribution in [3.05, 3.63) is 126 Å². The molecule has 0 aliphatic rings. The molecule has 4 heteroatoms. The highest BCUT2D eigenvalue weighted by Gasteiger charge is 2.12. The molecule has 1 aromatic heterocycles. The molecule has 5 rings (SSSR count). The monoisotopic (exact) mass is 428 g/mol. The summed E-state index contributed by atoms with van der Waals surface area (Å²) in [5.74, 6) is 0. The molecule has 0 atom stereocenters. The second-order valence-corrected chi connectivity index (χ2v) is 7.89. The molecule has 5 aromatic rings. The van der Waals surface area contributed by atoms with Gasteiger partial charge < -0.3 is 0 Å². The highest BCUT2D eigenvalue weighted by atomic mass is 15.3. The highest BCUT2D eigenvalue weighted by molar-refractivity contribution is 5.80. The molecule has 0 bridgehead atoms. The Morgan fingerprint density at radius 3 is 2.03 bits per heavy atom. The van der Waals surface area contributed by atoms with E-state index >= 15 is 0 Å². The average Bonchev–Trinajstić information content (AvgIpc) is 3.32. The van der Waals surface area contributed by atoms with Crippen LogP contribution in [0, 0.1) is 6.92 Å². The summed E-state index contributed by atoms with van der Waals surface area (Å²) in [4.78, 5) is 0. The van der Waals surface area contributed by atoms with E-state index in [1.54, 1.807) is 0 Å². The van der Waals surface area contributed by atoms with Gasteiger partial charge in [-0.1, -0.05) is 90.5 Å². The van der Waals surface area contributed by atoms with Crippen molar-refractivity contribution in [3.8, 4) is 28.2 Å². The van der Waals surface area contributed by atoms with Gasteiger partial charge in [0, 0.05) is 11.1 Å². The Bertz CT molecular complexity index is 1350. The number of benzene rings is 4. The largest absolute Gasteiger partial charge is 0.279 e. The zero-order chi connectivity index (χ0) is 22.5. The van der Waals surface area contributed by atoms with Crippen molar-refractivity contribution >= 4 is 11.9 Å². The van der Waals surface area contributed by atoms with E-state index in [4.69, 9.17) is 5.10 Å². The third kappa shape index (κ3) is 4.75. The number of hydrogen-bond donors (Lipinski definition) is 1. The second-order valence-electron chi connectivity index (χ2n) is 7.89. The van der Waals surface area contributed by atoms with E-state index in [0.29, 0.717) is 0 Å². The molecule has 0 saturated heterocycles. The summed E-state index contributed by atoms with van der Waals surface area (Å²) in [6.45, 7) is 2.07. The van der Waals surface area contributed by atoms with Crippen molar-refractivity contribution in [1.82, 2.24) is 9.78 Å². The van der Waals surface area contributed by atoms with Gasteiger partial charge in [0.15, 0.2) is 0 Å².